The van der Waals surface area contributed by atoms with Crippen LogP contribution >= 0.6 is 0 Å². The Morgan fingerprint density at radius 3 is 2.42 bits per heavy atom. The van der Waals surface area contributed by atoms with E-state index in [0.717, 1.165) is 32.4 Å². The van der Waals surface area contributed by atoms with Gasteiger partial charge in [0.25, 0.3) is 0 Å². The maximum absolute atomic E-state index is 12.5. The summed E-state index contributed by atoms with van der Waals surface area (Å²) in [5, 5.41) is 0. The first-order valence-corrected chi connectivity index (χ1v) is 9.12. The first-order valence-electron chi connectivity index (χ1n) is 9.12. The minimum absolute atomic E-state index is 0.0401. The largest absolute Gasteiger partial charge is 0.343 e. The standard InChI is InChI=1S/C20H28N2O2/c1-16(2)14-19(24)21-12-10-20(11-13-21)9-8-18(23)22(20)15-17-6-4-3-5-7-17/h3-7,16H,8-15H2,1-2H3. The summed E-state index contributed by atoms with van der Waals surface area (Å²) in [6.45, 7) is 6.43. The third kappa shape index (κ3) is 3.47. The summed E-state index contributed by atoms with van der Waals surface area (Å²) in [5.41, 5.74) is 1.15. The molecule has 0 bridgehead atoms. The van der Waals surface area contributed by atoms with Crippen molar-refractivity contribution in [2.45, 2.75) is 58.0 Å². The average molecular weight is 328 g/mol. The highest BCUT2D eigenvalue weighted by atomic mass is 16.2. The summed E-state index contributed by atoms with van der Waals surface area (Å²) in [5.74, 6) is 0.926. The smallest absolute Gasteiger partial charge is 0.223 e. The lowest BCUT2D eigenvalue weighted by Gasteiger charge is -2.45. The molecule has 0 aromatic heterocycles. The van der Waals surface area contributed by atoms with Crippen molar-refractivity contribution in [1.82, 2.24) is 9.80 Å². The van der Waals surface area contributed by atoms with Crippen LogP contribution in [-0.2, 0) is 16.1 Å². The van der Waals surface area contributed by atoms with Crippen molar-refractivity contribution in [3.8, 4) is 0 Å². The van der Waals surface area contributed by atoms with Gasteiger partial charge in [0.15, 0.2) is 0 Å². The van der Waals surface area contributed by atoms with E-state index in [0.29, 0.717) is 25.3 Å². The van der Waals surface area contributed by atoms with Gasteiger partial charge in [0.1, 0.15) is 0 Å². The maximum atomic E-state index is 12.5. The van der Waals surface area contributed by atoms with Gasteiger partial charge in [0, 0.05) is 38.0 Å². The number of carbonyl (C=O) groups excluding carboxylic acids is 2. The Bertz CT molecular complexity index is 589. The number of piperidine rings is 1. The van der Waals surface area contributed by atoms with Crippen LogP contribution in [0.15, 0.2) is 30.3 Å². The van der Waals surface area contributed by atoms with E-state index in [1.165, 1.54) is 5.56 Å². The third-order valence-electron chi connectivity index (χ3n) is 5.49. The Labute approximate surface area is 144 Å². The van der Waals surface area contributed by atoms with E-state index in [1.807, 2.05) is 23.1 Å². The summed E-state index contributed by atoms with van der Waals surface area (Å²) < 4.78 is 0. The predicted molar refractivity (Wildman–Crippen MR) is 94.2 cm³/mol. The van der Waals surface area contributed by atoms with Crippen molar-refractivity contribution in [2.24, 2.45) is 5.92 Å². The third-order valence-corrected chi connectivity index (χ3v) is 5.49. The summed E-state index contributed by atoms with van der Waals surface area (Å²) in [4.78, 5) is 28.8. The van der Waals surface area contributed by atoms with Gasteiger partial charge in [-0.25, -0.2) is 0 Å². The number of nitrogens with zero attached hydrogens (tertiary/aromatic N) is 2. The van der Waals surface area contributed by atoms with Crippen LogP contribution in [0, 0.1) is 5.92 Å². The number of likely N-dealkylation sites (tertiary alicyclic amines) is 2. The molecular weight excluding hydrogens is 300 g/mol. The lowest BCUT2D eigenvalue weighted by atomic mass is 9.84. The summed E-state index contributed by atoms with van der Waals surface area (Å²) in [6.07, 6.45) is 4.03. The molecule has 130 valence electrons. The van der Waals surface area contributed by atoms with Gasteiger partial charge >= 0.3 is 0 Å². The number of rotatable bonds is 4. The Morgan fingerprint density at radius 1 is 1.12 bits per heavy atom. The molecule has 2 aliphatic heterocycles. The molecule has 0 atom stereocenters. The zero-order valence-electron chi connectivity index (χ0n) is 14.8. The second-order valence-electron chi connectivity index (χ2n) is 7.67. The van der Waals surface area contributed by atoms with Crippen molar-refractivity contribution in [3.05, 3.63) is 35.9 Å². The molecule has 2 aliphatic rings. The number of amides is 2. The van der Waals surface area contributed by atoms with E-state index >= 15 is 0 Å². The van der Waals surface area contributed by atoms with Gasteiger partial charge in [-0.15, -0.1) is 0 Å². The van der Waals surface area contributed by atoms with E-state index in [-0.39, 0.29) is 17.4 Å². The summed E-state index contributed by atoms with van der Waals surface area (Å²) in [7, 11) is 0. The quantitative estimate of drug-likeness (QED) is 0.851. The lowest BCUT2D eigenvalue weighted by Crippen LogP contribution is -2.53. The van der Waals surface area contributed by atoms with Crippen molar-refractivity contribution < 1.29 is 9.59 Å². The summed E-state index contributed by atoms with van der Waals surface area (Å²) in [6, 6.07) is 10.2. The van der Waals surface area contributed by atoms with Gasteiger partial charge in [-0.1, -0.05) is 44.2 Å². The van der Waals surface area contributed by atoms with Crippen LogP contribution in [0.2, 0.25) is 0 Å². The topological polar surface area (TPSA) is 40.6 Å². The van der Waals surface area contributed by atoms with E-state index in [2.05, 4.69) is 30.9 Å². The number of benzene rings is 1. The monoisotopic (exact) mass is 328 g/mol. The van der Waals surface area contributed by atoms with Crippen LogP contribution in [0.3, 0.4) is 0 Å². The fraction of sp³-hybridized carbons (Fsp3) is 0.600. The molecule has 4 nitrogen and oxygen atoms in total. The molecule has 0 aliphatic carbocycles. The molecule has 1 aromatic rings. The molecule has 0 unspecified atom stereocenters. The molecule has 1 spiro atoms. The Hall–Kier alpha value is -1.84. The van der Waals surface area contributed by atoms with Gasteiger partial charge in [0.2, 0.25) is 11.8 Å². The van der Waals surface area contributed by atoms with Gasteiger partial charge in [-0.3, -0.25) is 9.59 Å². The highest BCUT2D eigenvalue weighted by molar-refractivity contribution is 5.80. The Balaban J connectivity index is 1.67. The number of hydrogen-bond donors (Lipinski definition) is 0. The van der Waals surface area contributed by atoms with Crippen molar-refractivity contribution in [3.63, 3.8) is 0 Å². The fourth-order valence-electron chi connectivity index (χ4n) is 4.07. The molecule has 2 saturated heterocycles. The van der Waals surface area contributed by atoms with Gasteiger partial charge in [0.05, 0.1) is 0 Å². The number of hydrogen-bond acceptors (Lipinski definition) is 2. The van der Waals surface area contributed by atoms with Crippen molar-refractivity contribution >= 4 is 11.8 Å². The highest BCUT2D eigenvalue weighted by Gasteiger charge is 2.47. The molecule has 1 aromatic carbocycles. The first-order chi connectivity index (χ1) is 11.5. The van der Waals surface area contributed by atoms with E-state index < -0.39 is 0 Å². The zero-order chi connectivity index (χ0) is 17.2. The second kappa shape index (κ2) is 6.96. The van der Waals surface area contributed by atoms with Crippen LogP contribution in [0.25, 0.3) is 0 Å². The second-order valence-corrected chi connectivity index (χ2v) is 7.67. The molecular formula is C20H28N2O2. The zero-order valence-corrected chi connectivity index (χ0v) is 14.8. The van der Waals surface area contributed by atoms with Crippen LogP contribution in [-0.4, -0.2) is 40.2 Å². The molecule has 24 heavy (non-hydrogen) atoms. The molecule has 0 N–H and O–H groups in total. The van der Waals surface area contributed by atoms with Crippen LogP contribution in [0.5, 0.6) is 0 Å². The Morgan fingerprint density at radius 2 is 1.79 bits per heavy atom. The maximum Gasteiger partial charge on any atom is 0.223 e. The Kier molecular flexibility index (Phi) is 4.93. The van der Waals surface area contributed by atoms with Gasteiger partial charge in [-0.05, 0) is 30.7 Å². The minimum atomic E-state index is -0.0401. The normalized spacial score (nSPS) is 20.2. The van der Waals surface area contributed by atoms with Gasteiger partial charge in [-0.2, -0.15) is 0 Å². The van der Waals surface area contributed by atoms with Crippen molar-refractivity contribution in [2.75, 3.05) is 13.1 Å². The molecule has 2 heterocycles. The molecule has 4 heteroatoms. The number of carbonyl (C=O) groups is 2. The van der Waals surface area contributed by atoms with Crippen LogP contribution in [0.4, 0.5) is 0 Å². The van der Waals surface area contributed by atoms with Crippen LogP contribution in [0.1, 0.15) is 51.5 Å². The molecule has 0 saturated carbocycles. The summed E-state index contributed by atoms with van der Waals surface area (Å²) >= 11 is 0. The van der Waals surface area contributed by atoms with Gasteiger partial charge < -0.3 is 9.80 Å². The average Bonchev–Trinajstić information content (AvgIpc) is 2.85. The molecule has 2 fully saturated rings. The van der Waals surface area contributed by atoms with E-state index in [9.17, 15) is 9.59 Å². The van der Waals surface area contributed by atoms with E-state index in [1.54, 1.807) is 0 Å². The lowest BCUT2D eigenvalue weighted by molar-refractivity contribution is -0.137. The van der Waals surface area contributed by atoms with E-state index in [4.69, 9.17) is 0 Å². The molecule has 2 amide bonds. The SMILES string of the molecule is CC(C)CC(=O)N1CCC2(CCC(=O)N2Cc2ccccc2)CC1. The van der Waals surface area contributed by atoms with Crippen LogP contribution < -0.4 is 0 Å². The highest BCUT2D eigenvalue weighted by Crippen LogP contribution is 2.40. The molecule has 3 rings (SSSR count). The minimum Gasteiger partial charge on any atom is -0.343 e. The predicted octanol–water partition coefficient (Wildman–Crippen LogP) is 3.22. The first kappa shape index (κ1) is 17.0. The van der Waals surface area contributed by atoms with Crippen molar-refractivity contribution in [1.29, 1.82) is 0 Å². The molecule has 0 radical (unpaired) electrons. The fourth-order valence-corrected chi connectivity index (χ4v) is 4.07.